The molecule has 0 bridgehead atoms. The van der Waals surface area contributed by atoms with Gasteiger partial charge in [-0.05, 0) is 50.7 Å². The summed E-state index contributed by atoms with van der Waals surface area (Å²) in [6.07, 6.45) is 5.68. The maximum atomic E-state index is 4.86. The lowest BCUT2D eigenvalue weighted by Gasteiger charge is -2.33. The summed E-state index contributed by atoms with van der Waals surface area (Å²) in [6, 6.07) is 7.25. The molecule has 2 heterocycles. The van der Waals surface area contributed by atoms with E-state index >= 15 is 0 Å². The first-order valence-electron chi connectivity index (χ1n) is 9.01. The van der Waals surface area contributed by atoms with Crippen molar-refractivity contribution in [2.75, 3.05) is 23.3 Å². The van der Waals surface area contributed by atoms with E-state index in [0.29, 0.717) is 6.04 Å². The highest BCUT2D eigenvalue weighted by atomic mass is 15.2. The Kier molecular flexibility index (Phi) is 4.74. The first kappa shape index (κ1) is 16.1. The van der Waals surface area contributed by atoms with Gasteiger partial charge in [-0.3, -0.25) is 0 Å². The molecular weight excluding hydrogens is 282 g/mol. The third-order valence-electron chi connectivity index (χ3n) is 4.74. The van der Waals surface area contributed by atoms with E-state index in [1.807, 2.05) is 6.20 Å². The molecule has 1 aliphatic heterocycles. The Labute approximate surface area is 140 Å². The van der Waals surface area contributed by atoms with Gasteiger partial charge in [-0.1, -0.05) is 26.0 Å². The molecule has 3 rings (SSSR count). The highest BCUT2D eigenvalue weighted by Crippen LogP contribution is 2.33. The maximum Gasteiger partial charge on any atom is 0.136 e. The van der Waals surface area contributed by atoms with Gasteiger partial charge in [-0.15, -0.1) is 0 Å². The topological polar surface area (TPSA) is 28.2 Å². The summed E-state index contributed by atoms with van der Waals surface area (Å²) >= 11 is 0. The summed E-state index contributed by atoms with van der Waals surface area (Å²) < 4.78 is 0. The van der Waals surface area contributed by atoms with Gasteiger partial charge >= 0.3 is 0 Å². The molecule has 0 spiro atoms. The van der Waals surface area contributed by atoms with Gasteiger partial charge in [0.15, 0.2) is 0 Å². The van der Waals surface area contributed by atoms with Gasteiger partial charge in [0.05, 0.1) is 11.9 Å². The molecule has 1 N–H and O–H groups in total. The molecule has 1 aromatic heterocycles. The van der Waals surface area contributed by atoms with E-state index < -0.39 is 0 Å². The van der Waals surface area contributed by atoms with Gasteiger partial charge < -0.3 is 10.2 Å². The number of rotatable bonds is 4. The molecule has 1 aromatic carbocycles. The maximum absolute atomic E-state index is 4.86. The van der Waals surface area contributed by atoms with Crippen LogP contribution in [0.2, 0.25) is 0 Å². The smallest absolute Gasteiger partial charge is 0.136 e. The summed E-state index contributed by atoms with van der Waals surface area (Å²) in [5.74, 6) is 1.92. The van der Waals surface area contributed by atoms with Crippen LogP contribution >= 0.6 is 0 Å². The number of anilines is 2. The number of pyridine rings is 1. The third-order valence-corrected chi connectivity index (χ3v) is 4.74. The van der Waals surface area contributed by atoms with E-state index in [1.165, 1.54) is 29.2 Å². The van der Waals surface area contributed by atoms with Gasteiger partial charge in [-0.2, -0.15) is 0 Å². The SMILES string of the molecule is CCc1ccc2c(NC(C)C)cnc(N3CCCC(C)C3)c2c1. The molecule has 0 radical (unpaired) electrons. The van der Waals surface area contributed by atoms with Crippen LogP contribution in [0, 0.1) is 5.92 Å². The average molecular weight is 311 g/mol. The lowest BCUT2D eigenvalue weighted by molar-refractivity contribution is 0.445. The van der Waals surface area contributed by atoms with Crippen molar-refractivity contribution in [3.05, 3.63) is 30.0 Å². The normalized spacial score (nSPS) is 18.7. The third kappa shape index (κ3) is 3.44. The van der Waals surface area contributed by atoms with Crippen molar-refractivity contribution >= 4 is 22.3 Å². The highest BCUT2D eigenvalue weighted by molar-refractivity contribution is 6.00. The van der Waals surface area contributed by atoms with Crippen LogP contribution in [0.1, 0.15) is 46.1 Å². The van der Waals surface area contributed by atoms with Gasteiger partial charge in [0, 0.05) is 29.9 Å². The molecule has 1 saturated heterocycles. The molecular formula is C20H29N3. The lowest BCUT2D eigenvalue weighted by Crippen LogP contribution is -2.35. The average Bonchev–Trinajstić information content (AvgIpc) is 2.54. The number of fused-ring (bicyclic) bond motifs is 1. The van der Waals surface area contributed by atoms with Crippen molar-refractivity contribution in [3.8, 4) is 0 Å². The first-order valence-corrected chi connectivity index (χ1v) is 9.01. The Morgan fingerprint density at radius 2 is 2.13 bits per heavy atom. The zero-order valence-corrected chi connectivity index (χ0v) is 14.9. The van der Waals surface area contributed by atoms with Crippen molar-refractivity contribution in [2.45, 2.75) is 53.0 Å². The summed E-state index contributed by atoms with van der Waals surface area (Å²) in [7, 11) is 0. The van der Waals surface area contributed by atoms with Crippen LogP contribution in [0.5, 0.6) is 0 Å². The fourth-order valence-corrected chi connectivity index (χ4v) is 3.56. The summed E-state index contributed by atoms with van der Waals surface area (Å²) in [6.45, 7) is 11.2. The molecule has 1 aliphatic rings. The van der Waals surface area contributed by atoms with Gasteiger partial charge in [0.2, 0.25) is 0 Å². The number of nitrogens with zero attached hydrogens (tertiary/aromatic N) is 2. The molecule has 1 fully saturated rings. The van der Waals surface area contributed by atoms with Crippen LogP contribution in [0.4, 0.5) is 11.5 Å². The van der Waals surface area contributed by atoms with Crippen molar-refractivity contribution in [2.24, 2.45) is 5.92 Å². The Hall–Kier alpha value is -1.77. The molecule has 124 valence electrons. The van der Waals surface area contributed by atoms with Crippen molar-refractivity contribution in [1.82, 2.24) is 4.98 Å². The van der Waals surface area contributed by atoms with E-state index in [2.05, 4.69) is 56.1 Å². The minimum atomic E-state index is 0.409. The number of hydrogen-bond donors (Lipinski definition) is 1. The minimum absolute atomic E-state index is 0.409. The van der Waals surface area contributed by atoms with Crippen LogP contribution in [-0.2, 0) is 6.42 Å². The quantitative estimate of drug-likeness (QED) is 0.874. The van der Waals surface area contributed by atoms with Crippen LogP contribution in [0.25, 0.3) is 10.8 Å². The predicted molar refractivity (Wildman–Crippen MR) is 100 cm³/mol. The van der Waals surface area contributed by atoms with Crippen molar-refractivity contribution in [3.63, 3.8) is 0 Å². The van der Waals surface area contributed by atoms with E-state index in [1.54, 1.807) is 0 Å². The van der Waals surface area contributed by atoms with Gasteiger partial charge in [0.1, 0.15) is 5.82 Å². The zero-order chi connectivity index (χ0) is 16.4. The molecule has 1 atom stereocenters. The lowest BCUT2D eigenvalue weighted by atomic mass is 9.99. The summed E-state index contributed by atoms with van der Waals surface area (Å²) in [5, 5.41) is 6.13. The number of nitrogens with one attached hydrogen (secondary N) is 1. The Morgan fingerprint density at radius 1 is 1.30 bits per heavy atom. The predicted octanol–water partition coefficient (Wildman–Crippen LogP) is 4.85. The Bertz CT molecular complexity index is 678. The Morgan fingerprint density at radius 3 is 2.83 bits per heavy atom. The van der Waals surface area contributed by atoms with E-state index in [9.17, 15) is 0 Å². The van der Waals surface area contributed by atoms with E-state index in [4.69, 9.17) is 4.98 Å². The fraction of sp³-hybridized carbons (Fsp3) is 0.550. The Balaban J connectivity index is 2.10. The van der Waals surface area contributed by atoms with Crippen LogP contribution in [0.15, 0.2) is 24.4 Å². The number of aryl methyl sites for hydroxylation is 1. The fourth-order valence-electron chi connectivity index (χ4n) is 3.56. The highest BCUT2D eigenvalue weighted by Gasteiger charge is 2.20. The van der Waals surface area contributed by atoms with E-state index in [0.717, 1.165) is 36.9 Å². The molecule has 23 heavy (non-hydrogen) atoms. The zero-order valence-electron chi connectivity index (χ0n) is 14.9. The standard InChI is InChI=1S/C20H29N3/c1-5-16-8-9-17-18(11-16)20(21-12-19(17)22-14(2)3)23-10-6-7-15(4)13-23/h8-9,11-12,14-15,22H,5-7,10,13H2,1-4H3. The molecule has 3 nitrogen and oxygen atoms in total. The monoisotopic (exact) mass is 311 g/mol. The number of hydrogen-bond acceptors (Lipinski definition) is 3. The summed E-state index contributed by atoms with van der Waals surface area (Å²) in [5.41, 5.74) is 2.53. The first-order chi connectivity index (χ1) is 11.1. The van der Waals surface area contributed by atoms with Gasteiger partial charge in [0.25, 0.3) is 0 Å². The summed E-state index contributed by atoms with van der Waals surface area (Å²) in [4.78, 5) is 7.34. The largest absolute Gasteiger partial charge is 0.381 e. The number of aromatic nitrogens is 1. The molecule has 3 heteroatoms. The van der Waals surface area contributed by atoms with Crippen LogP contribution < -0.4 is 10.2 Å². The molecule has 0 amide bonds. The molecule has 1 unspecified atom stereocenters. The molecule has 0 aliphatic carbocycles. The number of benzene rings is 1. The second-order valence-electron chi connectivity index (χ2n) is 7.22. The molecule has 2 aromatic rings. The minimum Gasteiger partial charge on any atom is -0.381 e. The van der Waals surface area contributed by atoms with Gasteiger partial charge in [-0.25, -0.2) is 4.98 Å². The van der Waals surface area contributed by atoms with Crippen molar-refractivity contribution in [1.29, 1.82) is 0 Å². The van der Waals surface area contributed by atoms with Crippen LogP contribution in [0.3, 0.4) is 0 Å². The second kappa shape index (κ2) is 6.77. The van der Waals surface area contributed by atoms with Crippen molar-refractivity contribution < 1.29 is 0 Å². The van der Waals surface area contributed by atoms with Crippen LogP contribution in [-0.4, -0.2) is 24.1 Å². The number of piperidine rings is 1. The van der Waals surface area contributed by atoms with E-state index in [-0.39, 0.29) is 0 Å². The molecule has 0 saturated carbocycles. The second-order valence-corrected chi connectivity index (χ2v) is 7.22.